The first-order valence-corrected chi connectivity index (χ1v) is 9.07. The van der Waals surface area contributed by atoms with E-state index in [-0.39, 0.29) is 17.4 Å². The number of pyridine rings is 1. The maximum Gasteiger partial charge on any atom is 0.274 e. The Morgan fingerprint density at radius 3 is 2.48 bits per heavy atom. The first-order chi connectivity index (χ1) is 14.1. The van der Waals surface area contributed by atoms with Crippen molar-refractivity contribution in [3.8, 4) is 11.5 Å². The van der Waals surface area contributed by atoms with Crippen molar-refractivity contribution in [3.63, 3.8) is 0 Å². The van der Waals surface area contributed by atoms with E-state index in [4.69, 9.17) is 9.47 Å². The summed E-state index contributed by atoms with van der Waals surface area (Å²) in [5, 5.41) is 6.02. The Kier molecular flexibility index (Phi) is 6.63. The van der Waals surface area contributed by atoms with Crippen molar-refractivity contribution < 1.29 is 18.7 Å². The van der Waals surface area contributed by atoms with Crippen LogP contribution < -0.4 is 20.1 Å². The van der Waals surface area contributed by atoms with Crippen LogP contribution in [-0.2, 0) is 6.42 Å². The summed E-state index contributed by atoms with van der Waals surface area (Å²) in [4.78, 5) is 16.7. The van der Waals surface area contributed by atoms with Crippen LogP contribution in [0.25, 0.3) is 0 Å². The fraction of sp³-hybridized carbons (Fsp3) is 0.182. The Morgan fingerprint density at radius 2 is 1.83 bits per heavy atom. The maximum absolute atomic E-state index is 12.9. The van der Waals surface area contributed by atoms with Crippen LogP contribution in [-0.4, -0.2) is 31.7 Å². The molecule has 3 aromatic rings. The smallest absolute Gasteiger partial charge is 0.274 e. The topological polar surface area (TPSA) is 72.5 Å². The van der Waals surface area contributed by atoms with Crippen LogP contribution in [0.2, 0.25) is 0 Å². The number of carbonyl (C=O) groups excluding carboxylic acids is 1. The van der Waals surface area contributed by atoms with Crippen molar-refractivity contribution >= 4 is 17.3 Å². The van der Waals surface area contributed by atoms with Gasteiger partial charge in [0.05, 0.1) is 31.8 Å². The molecule has 0 aliphatic carbocycles. The third-order valence-electron chi connectivity index (χ3n) is 4.31. The fourth-order valence-electron chi connectivity index (χ4n) is 2.73. The van der Waals surface area contributed by atoms with Crippen molar-refractivity contribution in [1.82, 2.24) is 4.98 Å². The van der Waals surface area contributed by atoms with Crippen molar-refractivity contribution in [1.29, 1.82) is 0 Å². The number of amides is 1. The number of carbonyl (C=O) groups is 1. The van der Waals surface area contributed by atoms with E-state index in [9.17, 15) is 9.18 Å². The predicted molar refractivity (Wildman–Crippen MR) is 110 cm³/mol. The number of nitrogens with zero attached hydrogens (tertiary/aromatic N) is 1. The Labute approximate surface area is 168 Å². The molecular formula is C22H22FN3O3. The van der Waals surface area contributed by atoms with E-state index in [1.54, 1.807) is 55.8 Å². The molecule has 0 fully saturated rings. The second-order valence-corrected chi connectivity index (χ2v) is 6.26. The zero-order chi connectivity index (χ0) is 20.6. The normalized spacial score (nSPS) is 10.3. The van der Waals surface area contributed by atoms with Gasteiger partial charge in [0.1, 0.15) is 23.0 Å². The lowest BCUT2D eigenvalue weighted by molar-refractivity contribution is 0.102. The Morgan fingerprint density at radius 1 is 1.03 bits per heavy atom. The summed E-state index contributed by atoms with van der Waals surface area (Å²) < 4.78 is 23.4. The molecule has 0 spiro atoms. The number of hydrogen-bond acceptors (Lipinski definition) is 5. The monoisotopic (exact) mass is 395 g/mol. The quantitative estimate of drug-likeness (QED) is 0.600. The van der Waals surface area contributed by atoms with Gasteiger partial charge in [-0.1, -0.05) is 12.1 Å². The van der Waals surface area contributed by atoms with Crippen molar-refractivity contribution in [2.24, 2.45) is 0 Å². The van der Waals surface area contributed by atoms with Gasteiger partial charge >= 0.3 is 0 Å². The van der Waals surface area contributed by atoms with Gasteiger partial charge in [-0.15, -0.1) is 0 Å². The lowest BCUT2D eigenvalue weighted by atomic mass is 10.1. The minimum Gasteiger partial charge on any atom is -0.497 e. The summed E-state index contributed by atoms with van der Waals surface area (Å²) >= 11 is 0. The standard InChI is InChI=1S/C22H22FN3O3/c1-28-18-8-10-21(29-2)20(13-18)26-22(27)19-9-7-17(14-25-19)24-12-11-15-3-5-16(23)6-4-15/h3-10,13-14,24H,11-12H2,1-2H3,(H,26,27). The zero-order valence-corrected chi connectivity index (χ0v) is 16.2. The van der Waals surface area contributed by atoms with E-state index in [0.29, 0.717) is 23.7 Å². The van der Waals surface area contributed by atoms with Crippen molar-refractivity contribution in [2.75, 3.05) is 31.4 Å². The maximum atomic E-state index is 12.9. The number of ether oxygens (including phenoxy) is 2. The van der Waals surface area contributed by atoms with Crippen LogP contribution in [0.1, 0.15) is 16.1 Å². The third kappa shape index (κ3) is 5.44. The van der Waals surface area contributed by atoms with Gasteiger partial charge in [-0.2, -0.15) is 0 Å². The van der Waals surface area contributed by atoms with E-state index < -0.39 is 0 Å². The number of benzene rings is 2. The van der Waals surface area contributed by atoms with E-state index in [1.807, 2.05) is 0 Å². The average Bonchev–Trinajstić information content (AvgIpc) is 2.75. The van der Waals surface area contributed by atoms with Gasteiger partial charge in [-0.3, -0.25) is 4.79 Å². The minimum absolute atomic E-state index is 0.244. The molecule has 1 amide bonds. The number of hydrogen-bond donors (Lipinski definition) is 2. The van der Waals surface area contributed by atoms with Crippen LogP contribution in [0.5, 0.6) is 11.5 Å². The van der Waals surface area contributed by atoms with Gasteiger partial charge in [0, 0.05) is 12.6 Å². The van der Waals surface area contributed by atoms with Gasteiger partial charge < -0.3 is 20.1 Å². The molecule has 2 N–H and O–H groups in total. The van der Waals surface area contributed by atoms with Crippen LogP contribution >= 0.6 is 0 Å². The SMILES string of the molecule is COc1ccc(OC)c(NC(=O)c2ccc(NCCc3ccc(F)cc3)cn2)c1. The zero-order valence-electron chi connectivity index (χ0n) is 16.2. The lowest BCUT2D eigenvalue weighted by Crippen LogP contribution is -2.14. The van der Waals surface area contributed by atoms with Crippen LogP contribution in [0.4, 0.5) is 15.8 Å². The predicted octanol–water partition coefficient (Wildman–Crippen LogP) is 4.14. The Balaban J connectivity index is 1.58. The molecule has 150 valence electrons. The molecule has 0 saturated carbocycles. The molecule has 0 aliphatic heterocycles. The minimum atomic E-state index is -0.352. The van der Waals surface area contributed by atoms with Crippen LogP contribution in [0.3, 0.4) is 0 Å². The fourth-order valence-corrected chi connectivity index (χ4v) is 2.73. The number of rotatable bonds is 8. The summed E-state index contributed by atoms with van der Waals surface area (Å²) in [6.45, 7) is 0.667. The highest BCUT2D eigenvalue weighted by Gasteiger charge is 2.12. The van der Waals surface area contributed by atoms with Gasteiger partial charge in [-0.05, 0) is 48.4 Å². The highest BCUT2D eigenvalue weighted by molar-refractivity contribution is 6.03. The molecule has 0 atom stereocenters. The van der Waals surface area contributed by atoms with Gasteiger partial charge in [0.15, 0.2) is 0 Å². The molecule has 0 radical (unpaired) electrons. The summed E-state index contributed by atoms with van der Waals surface area (Å²) in [6.07, 6.45) is 2.35. The molecule has 6 nitrogen and oxygen atoms in total. The molecular weight excluding hydrogens is 373 g/mol. The van der Waals surface area contributed by atoms with E-state index in [2.05, 4.69) is 15.6 Å². The summed E-state index contributed by atoms with van der Waals surface area (Å²) in [7, 11) is 3.08. The molecule has 1 heterocycles. The lowest BCUT2D eigenvalue weighted by Gasteiger charge is -2.12. The van der Waals surface area contributed by atoms with E-state index >= 15 is 0 Å². The van der Waals surface area contributed by atoms with Crippen LogP contribution in [0, 0.1) is 5.82 Å². The molecule has 0 saturated heterocycles. The molecule has 0 aliphatic rings. The number of nitrogens with one attached hydrogen (secondary N) is 2. The highest BCUT2D eigenvalue weighted by atomic mass is 19.1. The number of anilines is 2. The summed E-state index contributed by atoms with van der Waals surface area (Å²) in [5.74, 6) is 0.536. The molecule has 0 unspecified atom stereocenters. The van der Waals surface area contributed by atoms with Gasteiger partial charge in [0.25, 0.3) is 5.91 Å². The van der Waals surface area contributed by atoms with Gasteiger partial charge in [0.2, 0.25) is 0 Å². The summed E-state index contributed by atoms with van der Waals surface area (Å²) in [5.41, 5.74) is 2.61. The van der Waals surface area contributed by atoms with E-state index in [1.165, 1.54) is 19.2 Å². The number of halogens is 1. The molecule has 2 aromatic carbocycles. The second-order valence-electron chi connectivity index (χ2n) is 6.26. The highest BCUT2D eigenvalue weighted by Crippen LogP contribution is 2.29. The Hall–Kier alpha value is -3.61. The molecule has 29 heavy (non-hydrogen) atoms. The first kappa shape index (κ1) is 20.1. The molecule has 3 rings (SSSR count). The molecule has 0 bridgehead atoms. The van der Waals surface area contributed by atoms with Gasteiger partial charge in [-0.25, -0.2) is 9.37 Å². The van der Waals surface area contributed by atoms with Crippen molar-refractivity contribution in [2.45, 2.75) is 6.42 Å². The molecule has 1 aromatic heterocycles. The van der Waals surface area contributed by atoms with Crippen molar-refractivity contribution in [3.05, 3.63) is 77.9 Å². The Bertz CT molecular complexity index is 960. The third-order valence-corrected chi connectivity index (χ3v) is 4.31. The second kappa shape index (κ2) is 9.54. The number of aromatic nitrogens is 1. The van der Waals surface area contributed by atoms with Crippen LogP contribution in [0.15, 0.2) is 60.8 Å². The average molecular weight is 395 g/mol. The molecule has 7 heteroatoms. The summed E-state index contributed by atoms with van der Waals surface area (Å²) in [6, 6.07) is 15.0. The number of methoxy groups -OCH3 is 2. The largest absolute Gasteiger partial charge is 0.497 e. The van der Waals surface area contributed by atoms with E-state index in [0.717, 1.165) is 17.7 Å². The first-order valence-electron chi connectivity index (χ1n) is 9.07.